The standard InChI is InChI=1S/C11H34N2O2Si5/c1-16(2,3)14-19(8,9)13-17(4,5)12-18(6,7)15-20(13,10)11/h12H,1-11H3. The van der Waals surface area contributed by atoms with Crippen molar-refractivity contribution < 1.29 is 8.23 Å². The molecule has 0 atom stereocenters. The minimum atomic E-state index is -1.92. The second kappa shape index (κ2) is 5.23. The van der Waals surface area contributed by atoms with Crippen molar-refractivity contribution >= 4 is 42.2 Å². The summed E-state index contributed by atoms with van der Waals surface area (Å²) < 4.78 is 19.9. The maximum absolute atomic E-state index is 6.67. The molecule has 0 saturated carbocycles. The molecule has 0 aromatic carbocycles. The van der Waals surface area contributed by atoms with E-state index in [1.165, 1.54) is 0 Å². The zero-order valence-electron chi connectivity index (χ0n) is 15.3. The molecule has 0 aromatic heterocycles. The second-order valence-electron chi connectivity index (χ2n) is 8.74. The van der Waals surface area contributed by atoms with E-state index in [1.54, 1.807) is 0 Å². The molecule has 0 radical (unpaired) electrons. The molecule has 0 spiro atoms. The summed E-state index contributed by atoms with van der Waals surface area (Å²) in [5.74, 6) is 0. The summed E-state index contributed by atoms with van der Waals surface area (Å²) in [5.41, 5.74) is 0. The second-order valence-corrected chi connectivity index (χ2v) is 30.2. The smallest absolute Gasteiger partial charge is 0.247 e. The topological polar surface area (TPSA) is 33.7 Å². The first-order valence-electron chi connectivity index (χ1n) is 7.49. The van der Waals surface area contributed by atoms with Gasteiger partial charge in [0.2, 0.25) is 25.4 Å². The zero-order chi connectivity index (χ0) is 16.2. The molecule has 1 N–H and O–H groups in total. The molecule has 1 heterocycles. The Kier molecular flexibility index (Phi) is 4.96. The molecule has 1 aliphatic rings. The van der Waals surface area contributed by atoms with Crippen molar-refractivity contribution in [1.29, 1.82) is 0 Å². The number of nitrogens with one attached hydrogen (secondary N) is 1. The molecule has 9 heteroatoms. The molecule has 0 unspecified atom stereocenters. The van der Waals surface area contributed by atoms with Crippen LogP contribution in [0.4, 0.5) is 0 Å². The molecule has 4 nitrogen and oxygen atoms in total. The fraction of sp³-hybridized carbons (Fsp3) is 1.00. The average Bonchev–Trinajstić information content (AvgIpc) is 1.84. The summed E-state index contributed by atoms with van der Waals surface area (Å²) >= 11 is 0. The van der Waals surface area contributed by atoms with E-state index in [9.17, 15) is 0 Å². The van der Waals surface area contributed by atoms with Crippen LogP contribution >= 0.6 is 0 Å². The maximum atomic E-state index is 6.67. The molecule has 120 valence electrons. The van der Waals surface area contributed by atoms with Gasteiger partial charge < -0.3 is 16.8 Å². The van der Waals surface area contributed by atoms with Gasteiger partial charge in [-0.1, -0.05) is 0 Å². The van der Waals surface area contributed by atoms with E-state index in [1.807, 2.05) is 0 Å². The summed E-state index contributed by atoms with van der Waals surface area (Å²) in [7, 11) is -8.75. The van der Waals surface area contributed by atoms with Gasteiger partial charge in [-0.05, 0) is 72.0 Å². The van der Waals surface area contributed by atoms with E-state index in [0.29, 0.717) is 0 Å². The van der Waals surface area contributed by atoms with Crippen LogP contribution in [0, 0.1) is 0 Å². The molecule has 1 aliphatic heterocycles. The number of rotatable bonds is 3. The van der Waals surface area contributed by atoms with Crippen LogP contribution in [0.1, 0.15) is 0 Å². The SMILES string of the molecule is C[Si](C)(C)O[Si](C)(C)N1[Si](C)(C)N[Si](C)(C)O[Si]1(C)C. The van der Waals surface area contributed by atoms with Crippen LogP contribution in [-0.2, 0) is 8.23 Å². The van der Waals surface area contributed by atoms with Crippen LogP contribution in [0.5, 0.6) is 0 Å². The molecule has 0 aromatic rings. The molecule has 1 fully saturated rings. The fourth-order valence-electron chi connectivity index (χ4n) is 4.28. The highest BCUT2D eigenvalue weighted by Crippen LogP contribution is 2.35. The van der Waals surface area contributed by atoms with Gasteiger partial charge in [-0.15, -0.1) is 0 Å². The maximum Gasteiger partial charge on any atom is 0.247 e. The average molecular weight is 367 g/mol. The van der Waals surface area contributed by atoms with Crippen LogP contribution in [-0.4, -0.2) is 46.0 Å². The number of hydrogen-bond acceptors (Lipinski definition) is 4. The van der Waals surface area contributed by atoms with Gasteiger partial charge in [0.15, 0.2) is 16.7 Å². The Hall–Kier alpha value is 0.924. The van der Waals surface area contributed by atoms with Gasteiger partial charge in [-0.2, -0.15) is 0 Å². The predicted octanol–water partition coefficient (Wildman–Crippen LogP) is 3.57. The van der Waals surface area contributed by atoms with Crippen molar-refractivity contribution in [2.24, 2.45) is 0 Å². The van der Waals surface area contributed by atoms with Gasteiger partial charge >= 0.3 is 0 Å². The first-order chi connectivity index (χ1) is 8.49. The van der Waals surface area contributed by atoms with Crippen LogP contribution in [0.25, 0.3) is 0 Å². The lowest BCUT2D eigenvalue weighted by atomic mass is 11.8. The molecular formula is C11H34N2O2Si5. The van der Waals surface area contributed by atoms with Crippen molar-refractivity contribution in [2.45, 2.75) is 72.0 Å². The first-order valence-corrected chi connectivity index (χ1v) is 22.5. The van der Waals surface area contributed by atoms with Gasteiger partial charge in [-0.3, -0.25) is 0 Å². The van der Waals surface area contributed by atoms with E-state index in [4.69, 9.17) is 8.23 Å². The van der Waals surface area contributed by atoms with Crippen LogP contribution in [0.15, 0.2) is 0 Å². The molecule has 1 rings (SSSR count). The van der Waals surface area contributed by atoms with Crippen LogP contribution < -0.4 is 4.65 Å². The van der Waals surface area contributed by atoms with E-state index in [0.717, 1.165) is 0 Å². The third-order valence-electron chi connectivity index (χ3n) is 3.30. The van der Waals surface area contributed by atoms with Crippen LogP contribution in [0.3, 0.4) is 0 Å². The normalized spacial score (nSPS) is 26.6. The highest BCUT2D eigenvalue weighted by Gasteiger charge is 2.59. The Labute approximate surface area is 131 Å². The van der Waals surface area contributed by atoms with Gasteiger partial charge in [0.1, 0.15) is 0 Å². The van der Waals surface area contributed by atoms with Gasteiger partial charge in [-0.25, -0.2) is 0 Å². The summed E-state index contributed by atoms with van der Waals surface area (Å²) in [6, 6.07) is 0. The Morgan fingerprint density at radius 3 is 1.70 bits per heavy atom. The fourth-order valence-corrected chi connectivity index (χ4v) is 41.6. The minimum Gasteiger partial charge on any atom is -0.445 e. The Balaban J connectivity index is 3.20. The minimum absolute atomic E-state index is 1.54. The van der Waals surface area contributed by atoms with Crippen molar-refractivity contribution in [3.63, 3.8) is 0 Å². The molecule has 20 heavy (non-hydrogen) atoms. The van der Waals surface area contributed by atoms with Crippen molar-refractivity contribution in [1.82, 2.24) is 8.54 Å². The van der Waals surface area contributed by atoms with Gasteiger partial charge in [0.05, 0.1) is 0 Å². The van der Waals surface area contributed by atoms with Crippen molar-refractivity contribution in [2.75, 3.05) is 0 Å². The Morgan fingerprint density at radius 2 is 1.35 bits per heavy atom. The lowest BCUT2D eigenvalue weighted by molar-refractivity contribution is 0.432. The van der Waals surface area contributed by atoms with E-state index >= 15 is 0 Å². The van der Waals surface area contributed by atoms with Crippen LogP contribution in [0.2, 0.25) is 72.0 Å². The molecule has 1 saturated heterocycles. The zero-order valence-corrected chi connectivity index (χ0v) is 20.3. The largest absolute Gasteiger partial charge is 0.445 e. The lowest BCUT2D eigenvalue weighted by Gasteiger charge is -2.61. The monoisotopic (exact) mass is 366 g/mol. The third-order valence-corrected chi connectivity index (χ3v) is 29.7. The van der Waals surface area contributed by atoms with Crippen molar-refractivity contribution in [3.05, 3.63) is 0 Å². The molecule has 0 bridgehead atoms. The van der Waals surface area contributed by atoms with E-state index in [-0.39, 0.29) is 0 Å². The van der Waals surface area contributed by atoms with Gasteiger partial charge in [0.25, 0.3) is 0 Å². The molecular weight excluding hydrogens is 333 g/mol. The Bertz CT molecular complexity index is 359. The van der Waals surface area contributed by atoms with E-state index in [2.05, 4.69) is 80.6 Å². The van der Waals surface area contributed by atoms with E-state index < -0.39 is 42.2 Å². The molecule has 0 amide bonds. The quantitative estimate of drug-likeness (QED) is 0.774. The predicted molar refractivity (Wildman–Crippen MR) is 100 cm³/mol. The summed E-state index contributed by atoms with van der Waals surface area (Å²) in [6.07, 6.45) is 0. The Morgan fingerprint density at radius 1 is 0.900 bits per heavy atom. The summed E-state index contributed by atoms with van der Waals surface area (Å²) in [4.78, 5) is 0. The first kappa shape index (κ1) is 19.0. The third kappa shape index (κ3) is 4.46. The number of hydrogen-bond donors (Lipinski definition) is 1. The van der Waals surface area contributed by atoms with Gasteiger partial charge in [0, 0.05) is 0 Å². The summed E-state index contributed by atoms with van der Waals surface area (Å²) in [6.45, 7) is 25.8. The highest BCUT2D eigenvalue weighted by molar-refractivity contribution is 7.09. The lowest BCUT2D eigenvalue weighted by Crippen LogP contribution is -2.87. The molecule has 0 aliphatic carbocycles. The summed E-state index contributed by atoms with van der Waals surface area (Å²) in [5, 5.41) is 0. The highest BCUT2D eigenvalue weighted by atomic mass is 28.5. The number of nitrogens with zero attached hydrogens (tertiary/aromatic N) is 1. The van der Waals surface area contributed by atoms with Crippen molar-refractivity contribution in [3.8, 4) is 0 Å².